The van der Waals surface area contributed by atoms with E-state index in [9.17, 15) is 4.79 Å². The molecule has 0 saturated carbocycles. The number of halogens is 1. The Morgan fingerprint density at radius 3 is 2.74 bits per heavy atom. The minimum atomic E-state index is -0.202. The van der Waals surface area contributed by atoms with Crippen molar-refractivity contribution in [3.63, 3.8) is 0 Å². The predicted octanol–water partition coefficient (Wildman–Crippen LogP) is 4.59. The Balaban J connectivity index is 1.55. The average molecular weight is 389 g/mol. The Labute approximate surface area is 146 Å². The molecule has 0 unspecified atom stereocenters. The van der Waals surface area contributed by atoms with Crippen LogP contribution in [0.15, 0.2) is 64.6 Å². The third-order valence-electron chi connectivity index (χ3n) is 3.01. The van der Waals surface area contributed by atoms with Gasteiger partial charge in [0.2, 0.25) is 0 Å². The predicted molar refractivity (Wildman–Crippen MR) is 95.8 cm³/mol. The first kappa shape index (κ1) is 15.7. The second-order valence-electron chi connectivity index (χ2n) is 4.71. The highest BCUT2D eigenvalue weighted by Gasteiger charge is 2.05. The molecule has 1 heterocycles. The standard InChI is InChI=1S/C17H13BrN2O2S/c18-13-2-1-3-15(10-13)22-11-16(21)20-14-6-4-12(5-7-14)17-19-8-9-23-17/h1-10H,11H2,(H,20,21). The number of hydrogen-bond acceptors (Lipinski definition) is 4. The molecule has 1 amide bonds. The number of ether oxygens (including phenoxy) is 1. The summed E-state index contributed by atoms with van der Waals surface area (Å²) < 4.78 is 6.36. The van der Waals surface area contributed by atoms with E-state index in [1.165, 1.54) is 0 Å². The Morgan fingerprint density at radius 1 is 1.22 bits per heavy atom. The Morgan fingerprint density at radius 2 is 2.04 bits per heavy atom. The zero-order valence-electron chi connectivity index (χ0n) is 12.0. The van der Waals surface area contributed by atoms with E-state index >= 15 is 0 Å². The van der Waals surface area contributed by atoms with Crippen LogP contribution in [0.4, 0.5) is 5.69 Å². The van der Waals surface area contributed by atoms with Gasteiger partial charge in [0.1, 0.15) is 10.8 Å². The van der Waals surface area contributed by atoms with Crippen molar-refractivity contribution in [3.05, 3.63) is 64.6 Å². The monoisotopic (exact) mass is 388 g/mol. The highest BCUT2D eigenvalue weighted by molar-refractivity contribution is 9.10. The molecule has 0 spiro atoms. The van der Waals surface area contributed by atoms with Gasteiger partial charge in [-0.25, -0.2) is 4.98 Å². The van der Waals surface area contributed by atoms with Crippen molar-refractivity contribution >= 4 is 38.9 Å². The van der Waals surface area contributed by atoms with Crippen LogP contribution in [0, 0.1) is 0 Å². The molecule has 0 bridgehead atoms. The van der Waals surface area contributed by atoms with E-state index in [2.05, 4.69) is 26.2 Å². The van der Waals surface area contributed by atoms with E-state index in [1.807, 2.05) is 47.8 Å². The number of amides is 1. The van der Waals surface area contributed by atoms with Crippen molar-refractivity contribution in [3.8, 4) is 16.3 Å². The van der Waals surface area contributed by atoms with Crippen molar-refractivity contribution in [1.29, 1.82) is 0 Å². The smallest absolute Gasteiger partial charge is 0.262 e. The van der Waals surface area contributed by atoms with Gasteiger partial charge in [0.05, 0.1) is 0 Å². The molecule has 0 aliphatic rings. The van der Waals surface area contributed by atoms with Gasteiger partial charge in [-0.3, -0.25) is 4.79 Å². The van der Waals surface area contributed by atoms with Crippen LogP contribution in [-0.4, -0.2) is 17.5 Å². The van der Waals surface area contributed by atoms with Crippen molar-refractivity contribution in [2.45, 2.75) is 0 Å². The fraction of sp³-hybridized carbons (Fsp3) is 0.0588. The topological polar surface area (TPSA) is 51.2 Å². The molecule has 0 radical (unpaired) electrons. The SMILES string of the molecule is O=C(COc1cccc(Br)c1)Nc1ccc(-c2nccs2)cc1. The lowest BCUT2D eigenvalue weighted by Gasteiger charge is -2.08. The third-order valence-corrected chi connectivity index (χ3v) is 4.33. The summed E-state index contributed by atoms with van der Waals surface area (Å²) in [6, 6.07) is 15.0. The molecule has 0 fully saturated rings. The summed E-state index contributed by atoms with van der Waals surface area (Å²) in [6.07, 6.45) is 1.77. The van der Waals surface area contributed by atoms with Crippen LogP contribution in [0.3, 0.4) is 0 Å². The van der Waals surface area contributed by atoms with Crippen LogP contribution in [0.25, 0.3) is 10.6 Å². The van der Waals surface area contributed by atoms with E-state index in [4.69, 9.17) is 4.74 Å². The van der Waals surface area contributed by atoms with Gasteiger partial charge in [-0.2, -0.15) is 0 Å². The molecule has 3 aromatic rings. The third kappa shape index (κ3) is 4.40. The number of thiazole rings is 1. The lowest BCUT2D eigenvalue weighted by molar-refractivity contribution is -0.118. The number of aromatic nitrogens is 1. The second kappa shape index (κ2) is 7.39. The number of rotatable bonds is 5. The van der Waals surface area contributed by atoms with Gasteiger partial charge < -0.3 is 10.1 Å². The van der Waals surface area contributed by atoms with Gasteiger partial charge in [0.25, 0.3) is 5.91 Å². The van der Waals surface area contributed by atoms with Gasteiger partial charge in [-0.15, -0.1) is 11.3 Å². The van der Waals surface area contributed by atoms with E-state index in [1.54, 1.807) is 23.6 Å². The molecular formula is C17H13BrN2O2S. The largest absolute Gasteiger partial charge is 0.484 e. The Bertz CT molecular complexity index is 789. The van der Waals surface area contributed by atoms with Crippen LogP contribution in [0.2, 0.25) is 0 Å². The summed E-state index contributed by atoms with van der Waals surface area (Å²) in [5, 5.41) is 5.70. The molecular weight excluding hydrogens is 376 g/mol. The molecule has 2 aromatic carbocycles. The van der Waals surface area contributed by atoms with Gasteiger partial charge >= 0.3 is 0 Å². The Kier molecular flexibility index (Phi) is 5.05. The quantitative estimate of drug-likeness (QED) is 0.695. The molecule has 1 N–H and O–H groups in total. The molecule has 1 aromatic heterocycles. The number of nitrogens with one attached hydrogen (secondary N) is 1. The summed E-state index contributed by atoms with van der Waals surface area (Å²) in [4.78, 5) is 16.2. The van der Waals surface area contributed by atoms with Gasteiger partial charge in [-0.1, -0.05) is 22.0 Å². The van der Waals surface area contributed by atoms with Crippen LogP contribution in [-0.2, 0) is 4.79 Å². The number of benzene rings is 2. The maximum atomic E-state index is 11.9. The number of hydrogen-bond donors (Lipinski definition) is 1. The van der Waals surface area contributed by atoms with Crippen LogP contribution in [0.5, 0.6) is 5.75 Å². The minimum absolute atomic E-state index is 0.0370. The summed E-state index contributed by atoms with van der Waals surface area (Å²) in [6.45, 7) is -0.0370. The van der Waals surface area contributed by atoms with Crippen LogP contribution in [0.1, 0.15) is 0 Å². The molecule has 6 heteroatoms. The molecule has 0 atom stereocenters. The second-order valence-corrected chi connectivity index (χ2v) is 6.52. The molecule has 23 heavy (non-hydrogen) atoms. The summed E-state index contributed by atoms with van der Waals surface area (Å²) >= 11 is 4.94. The maximum absolute atomic E-state index is 11.9. The lowest BCUT2D eigenvalue weighted by atomic mass is 10.2. The summed E-state index contributed by atoms with van der Waals surface area (Å²) in [5.41, 5.74) is 1.76. The fourth-order valence-electron chi connectivity index (χ4n) is 1.96. The van der Waals surface area contributed by atoms with Crippen molar-refractivity contribution < 1.29 is 9.53 Å². The highest BCUT2D eigenvalue weighted by atomic mass is 79.9. The van der Waals surface area contributed by atoms with E-state index < -0.39 is 0 Å². The summed E-state index contributed by atoms with van der Waals surface area (Å²) in [5.74, 6) is 0.445. The minimum Gasteiger partial charge on any atom is -0.484 e. The van der Waals surface area contributed by atoms with E-state index in [-0.39, 0.29) is 12.5 Å². The molecule has 0 saturated heterocycles. The number of carbonyl (C=O) groups is 1. The maximum Gasteiger partial charge on any atom is 0.262 e. The lowest BCUT2D eigenvalue weighted by Crippen LogP contribution is -2.20. The van der Waals surface area contributed by atoms with Gasteiger partial charge in [0, 0.05) is 27.3 Å². The zero-order chi connectivity index (χ0) is 16.1. The first-order valence-electron chi connectivity index (χ1n) is 6.89. The van der Waals surface area contributed by atoms with E-state index in [0.717, 1.165) is 20.7 Å². The highest BCUT2D eigenvalue weighted by Crippen LogP contribution is 2.23. The number of carbonyl (C=O) groups excluding carboxylic acids is 1. The molecule has 116 valence electrons. The van der Waals surface area contributed by atoms with Crippen LogP contribution >= 0.6 is 27.3 Å². The first-order chi connectivity index (χ1) is 11.2. The Hall–Kier alpha value is -2.18. The summed E-state index contributed by atoms with van der Waals surface area (Å²) in [7, 11) is 0. The number of anilines is 1. The molecule has 0 aliphatic heterocycles. The average Bonchev–Trinajstić information content (AvgIpc) is 3.08. The molecule has 0 aliphatic carbocycles. The van der Waals surface area contributed by atoms with Gasteiger partial charge in [0.15, 0.2) is 6.61 Å². The molecule has 3 rings (SSSR count). The van der Waals surface area contributed by atoms with E-state index in [0.29, 0.717) is 5.75 Å². The zero-order valence-corrected chi connectivity index (χ0v) is 14.4. The first-order valence-corrected chi connectivity index (χ1v) is 8.56. The normalized spacial score (nSPS) is 10.3. The van der Waals surface area contributed by atoms with Gasteiger partial charge in [-0.05, 0) is 42.5 Å². The van der Waals surface area contributed by atoms with Crippen molar-refractivity contribution in [1.82, 2.24) is 4.98 Å². The van der Waals surface area contributed by atoms with Crippen LogP contribution < -0.4 is 10.1 Å². The molecule has 4 nitrogen and oxygen atoms in total. The van der Waals surface area contributed by atoms with Crippen molar-refractivity contribution in [2.75, 3.05) is 11.9 Å². The number of nitrogens with zero attached hydrogens (tertiary/aromatic N) is 1. The van der Waals surface area contributed by atoms with Crippen molar-refractivity contribution in [2.24, 2.45) is 0 Å². The fourth-order valence-corrected chi connectivity index (χ4v) is 2.99.